The summed E-state index contributed by atoms with van der Waals surface area (Å²) in [5, 5.41) is 16.2. The molecular weight excluding hydrogens is 374 g/mol. The van der Waals surface area contributed by atoms with Crippen LogP contribution in [0.1, 0.15) is 17.7 Å². The summed E-state index contributed by atoms with van der Waals surface area (Å²) in [6, 6.07) is 8.16. The number of benzene rings is 1. The molecule has 146 valence electrons. The van der Waals surface area contributed by atoms with E-state index in [0.29, 0.717) is 22.6 Å². The molecule has 0 unspecified atom stereocenters. The van der Waals surface area contributed by atoms with Crippen molar-refractivity contribution in [2.45, 2.75) is 13.3 Å². The molecule has 1 aromatic heterocycles. The molecule has 8 heteroatoms. The first-order valence-corrected chi connectivity index (χ1v) is 9.39. The van der Waals surface area contributed by atoms with Crippen LogP contribution in [0.4, 0.5) is 5.69 Å². The van der Waals surface area contributed by atoms with Gasteiger partial charge in [-0.1, -0.05) is 24.3 Å². The summed E-state index contributed by atoms with van der Waals surface area (Å²) in [6.07, 6.45) is 6.26. The third-order valence-electron chi connectivity index (χ3n) is 6.06. The number of allylic oxidation sites excluding steroid dienone is 2. The van der Waals surface area contributed by atoms with Gasteiger partial charge in [0.25, 0.3) is 17.5 Å². The first-order chi connectivity index (χ1) is 13.9. The smallest absolute Gasteiger partial charge is 0.273 e. The Labute approximate surface area is 165 Å². The quantitative estimate of drug-likeness (QED) is 0.261. The fourth-order valence-electron chi connectivity index (χ4n) is 4.65. The number of carbonyl (C=O) groups excluding carboxylic acids is 2. The summed E-state index contributed by atoms with van der Waals surface area (Å²) >= 11 is 0. The summed E-state index contributed by atoms with van der Waals surface area (Å²) < 4.78 is 5.69. The van der Waals surface area contributed by atoms with Gasteiger partial charge in [0.05, 0.1) is 23.0 Å². The molecule has 2 aliphatic carbocycles. The minimum absolute atomic E-state index is 0.0113. The molecule has 1 saturated carbocycles. The Morgan fingerprint density at radius 3 is 2.48 bits per heavy atom. The Hall–Kier alpha value is -3.55. The number of rotatable bonds is 4. The number of nitro groups is 1. The van der Waals surface area contributed by atoms with Crippen LogP contribution in [0.3, 0.4) is 0 Å². The first-order valence-electron chi connectivity index (χ1n) is 9.39. The lowest BCUT2D eigenvalue weighted by Crippen LogP contribution is -2.28. The SMILES string of the molecule is Cc1ccc(-c2ccc(/C=N\N3C(=O)[C@@H]4[C@H](C3=O)[C@H]3C=C[C@@H]4C3)o2)cc1[N+](=O)[O-]. The number of nitrogens with zero attached hydrogens (tertiary/aromatic N) is 3. The lowest BCUT2D eigenvalue weighted by Gasteiger charge is -2.13. The molecule has 2 heterocycles. The zero-order valence-corrected chi connectivity index (χ0v) is 15.5. The van der Waals surface area contributed by atoms with E-state index in [0.717, 1.165) is 11.4 Å². The van der Waals surface area contributed by atoms with Crippen molar-refractivity contribution in [3.05, 3.63) is 63.9 Å². The summed E-state index contributed by atoms with van der Waals surface area (Å²) in [5.41, 5.74) is 1.14. The van der Waals surface area contributed by atoms with Crippen LogP contribution in [-0.4, -0.2) is 28.0 Å². The number of hydrogen-bond donors (Lipinski definition) is 0. The maximum absolute atomic E-state index is 12.6. The van der Waals surface area contributed by atoms with Gasteiger partial charge < -0.3 is 4.42 Å². The van der Waals surface area contributed by atoms with Crippen LogP contribution >= 0.6 is 0 Å². The molecule has 1 aromatic carbocycles. The maximum atomic E-state index is 12.6. The molecule has 0 N–H and O–H groups in total. The van der Waals surface area contributed by atoms with Gasteiger partial charge in [-0.25, -0.2) is 0 Å². The summed E-state index contributed by atoms with van der Waals surface area (Å²) in [7, 11) is 0. The molecule has 2 fully saturated rings. The van der Waals surface area contributed by atoms with E-state index in [1.807, 2.05) is 12.2 Å². The average molecular weight is 391 g/mol. The molecule has 1 saturated heterocycles. The number of hydrazone groups is 1. The zero-order valence-electron chi connectivity index (χ0n) is 15.5. The van der Waals surface area contributed by atoms with Gasteiger partial charge in [-0.2, -0.15) is 10.1 Å². The molecule has 2 bridgehead atoms. The van der Waals surface area contributed by atoms with E-state index in [1.54, 1.807) is 31.2 Å². The molecule has 8 nitrogen and oxygen atoms in total. The Kier molecular flexibility index (Phi) is 3.77. The molecule has 29 heavy (non-hydrogen) atoms. The number of amides is 2. The summed E-state index contributed by atoms with van der Waals surface area (Å²) in [5.74, 6) is -0.0500. The molecule has 2 amide bonds. The van der Waals surface area contributed by atoms with Gasteiger partial charge in [0.15, 0.2) is 0 Å². The van der Waals surface area contributed by atoms with Crippen molar-refractivity contribution in [3.63, 3.8) is 0 Å². The molecule has 0 spiro atoms. The monoisotopic (exact) mass is 391 g/mol. The predicted octanol–water partition coefficient (Wildman–Crippen LogP) is 3.30. The van der Waals surface area contributed by atoms with Crippen LogP contribution in [0.5, 0.6) is 0 Å². The van der Waals surface area contributed by atoms with Crippen molar-refractivity contribution in [2.24, 2.45) is 28.8 Å². The van der Waals surface area contributed by atoms with E-state index in [1.165, 1.54) is 12.3 Å². The van der Waals surface area contributed by atoms with E-state index in [2.05, 4.69) is 5.10 Å². The molecule has 4 atom stereocenters. The minimum Gasteiger partial charge on any atom is -0.455 e. The second kappa shape index (κ2) is 6.23. The Bertz CT molecular complexity index is 1090. The third-order valence-corrected chi connectivity index (χ3v) is 6.06. The van der Waals surface area contributed by atoms with Crippen molar-refractivity contribution >= 4 is 23.7 Å². The summed E-state index contributed by atoms with van der Waals surface area (Å²) in [4.78, 5) is 36.0. The van der Waals surface area contributed by atoms with E-state index in [9.17, 15) is 19.7 Å². The number of imide groups is 1. The normalized spacial score (nSPS) is 27.4. The van der Waals surface area contributed by atoms with Crippen LogP contribution in [0, 0.1) is 40.7 Å². The predicted molar refractivity (Wildman–Crippen MR) is 103 cm³/mol. The average Bonchev–Trinajstić information content (AvgIpc) is 3.46. The first kappa shape index (κ1) is 17.5. The zero-order chi connectivity index (χ0) is 20.3. The highest BCUT2D eigenvalue weighted by atomic mass is 16.6. The molecule has 0 radical (unpaired) electrons. The molecule has 1 aliphatic heterocycles. The van der Waals surface area contributed by atoms with Crippen LogP contribution in [0.15, 0.2) is 52.0 Å². The van der Waals surface area contributed by atoms with Gasteiger partial charge in [0.2, 0.25) is 0 Å². The van der Waals surface area contributed by atoms with Crippen LogP contribution in [-0.2, 0) is 9.59 Å². The highest BCUT2D eigenvalue weighted by Gasteiger charge is 2.59. The number of furan rings is 1. The van der Waals surface area contributed by atoms with Crippen molar-refractivity contribution in [1.82, 2.24) is 5.01 Å². The van der Waals surface area contributed by atoms with E-state index < -0.39 is 4.92 Å². The topological polar surface area (TPSA) is 106 Å². The van der Waals surface area contributed by atoms with Crippen LogP contribution < -0.4 is 0 Å². The lowest BCUT2D eigenvalue weighted by atomic mass is 9.85. The third kappa shape index (κ3) is 2.63. The largest absolute Gasteiger partial charge is 0.455 e. The van der Waals surface area contributed by atoms with Gasteiger partial charge in [-0.15, -0.1) is 0 Å². The Balaban J connectivity index is 1.37. The number of carbonyl (C=O) groups is 2. The van der Waals surface area contributed by atoms with Crippen molar-refractivity contribution in [2.75, 3.05) is 0 Å². The maximum Gasteiger partial charge on any atom is 0.273 e. The van der Waals surface area contributed by atoms with Crippen molar-refractivity contribution < 1.29 is 18.9 Å². The highest BCUT2D eigenvalue weighted by Crippen LogP contribution is 2.52. The van der Waals surface area contributed by atoms with Crippen LogP contribution in [0.2, 0.25) is 0 Å². The van der Waals surface area contributed by atoms with Gasteiger partial charge in [0, 0.05) is 17.2 Å². The van der Waals surface area contributed by atoms with Gasteiger partial charge in [-0.05, 0) is 37.3 Å². The minimum atomic E-state index is -0.437. The van der Waals surface area contributed by atoms with E-state index in [-0.39, 0.29) is 41.2 Å². The second-order valence-electron chi connectivity index (χ2n) is 7.69. The van der Waals surface area contributed by atoms with E-state index in [4.69, 9.17) is 4.42 Å². The summed E-state index contributed by atoms with van der Waals surface area (Å²) in [6.45, 7) is 1.67. The highest BCUT2D eigenvalue weighted by molar-refractivity contribution is 6.06. The fraction of sp³-hybridized carbons (Fsp3) is 0.286. The van der Waals surface area contributed by atoms with Crippen molar-refractivity contribution in [3.8, 4) is 11.3 Å². The molecular formula is C21H17N3O5. The molecule has 3 aliphatic rings. The van der Waals surface area contributed by atoms with Gasteiger partial charge in [0.1, 0.15) is 11.5 Å². The number of hydrogen-bond acceptors (Lipinski definition) is 6. The number of aryl methyl sites for hydroxylation is 1. The molecule has 5 rings (SSSR count). The standard InChI is InChI=1S/C21H17N3O5/c1-11-2-3-12(9-16(11)24(27)28)17-7-6-15(29-17)10-22-23-20(25)18-13-4-5-14(8-13)19(18)21(23)26/h2-7,9-10,13-14,18-19H,8H2,1H3/b22-10-/t13-,14+,18+,19-. The lowest BCUT2D eigenvalue weighted by molar-refractivity contribution is -0.385. The Morgan fingerprint density at radius 1 is 1.14 bits per heavy atom. The van der Waals surface area contributed by atoms with E-state index >= 15 is 0 Å². The number of nitro benzene ring substituents is 1. The Morgan fingerprint density at radius 2 is 1.83 bits per heavy atom. The molecule has 2 aromatic rings. The fourth-order valence-corrected chi connectivity index (χ4v) is 4.65. The van der Waals surface area contributed by atoms with Crippen molar-refractivity contribution in [1.29, 1.82) is 0 Å². The van der Waals surface area contributed by atoms with Gasteiger partial charge >= 0.3 is 0 Å². The second-order valence-corrected chi connectivity index (χ2v) is 7.69. The number of fused-ring (bicyclic) bond motifs is 5. The van der Waals surface area contributed by atoms with Crippen LogP contribution in [0.25, 0.3) is 11.3 Å². The van der Waals surface area contributed by atoms with Gasteiger partial charge in [-0.3, -0.25) is 19.7 Å².